The second-order valence-electron chi connectivity index (χ2n) is 8.33. The van der Waals surface area contributed by atoms with Gasteiger partial charge in [-0.05, 0) is 74.2 Å². The predicted molar refractivity (Wildman–Crippen MR) is 126 cm³/mol. The van der Waals surface area contributed by atoms with E-state index in [0.29, 0.717) is 29.4 Å². The minimum Gasteiger partial charge on any atom is -0.491 e. The monoisotopic (exact) mass is 440 g/mol. The molecule has 0 heterocycles. The van der Waals surface area contributed by atoms with Gasteiger partial charge in [0, 0.05) is 0 Å². The van der Waals surface area contributed by atoms with Crippen molar-refractivity contribution in [2.75, 3.05) is 6.61 Å². The summed E-state index contributed by atoms with van der Waals surface area (Å²) in [7, 11) is 0. The van der Waals surface area contributed by atoms with Gasteiger partial charge in [-0.1, -0.05) is 46.5 Å². The highest BCUT2D eigenvalue weighted by atomic mass is 16.5. The Hall–Kier alpha value is -2.82. The fourth-order valence-electron chi connectivity index (χ4n) is 3.06. The van der Waals surface area contributed by atoms with E-state index in [2.05, 4.69) is 20.8 Å². The molecule has 5 heteroatoms. The molecule has 0 radical (unpaired) electrons. The summed E-state index contributed by atoms with van der Waals surface area (Å²) in [6.07, 6.45) is 6.98. The molecule has 2 rings (SSSR count). The predicted octanol–water partition coefficient (Wildman–Crippen LogP) is 6.85. The molecule has 2 aromatic carbocycles. The molecular weight excluding hydrogens is 404 g/mol. The summed E-state index contributed by atoms with van der Waals surface area (Å²) in [6.45, 7) is 8.75. The molecule has 0 aromatic heterocycles. The Morgan fingerprint density at radius 1 is 0.781 bits per heavy atom. The van der Waals surface area contributed by atoms with E-state index in [4.69, 9.17) is 14.2 Å². The minimum absolute atomic E-state index is 0.139. The molecule has 0 aliphatic rings. The van der Waals surface area contributed by atoms with Crippen LogP contribution in [0.2, 0.25) is 0 Å². The van der Waals surface area contributed by atoms with Crippen LogP contribution in [0.3, 0.4) is 0 Å². The van der Waals surface area contributed by atoms with Crippen LogP contribution in [-0.4, -0.2) is 24.6 Å². The summed E-state index contributed by atoms with van der Waals surface area (Å²) in [5, 5.41) is 0. The zero-order valence-electron chi connectivity index (χ0n) is 19.8. The molecule has 0 spiro atoms. The van der Waals surface area contributed by atoms with Crippen LogP contribution in [-0.2, 0) is 4.74 Å². The van der Waals surface area contributed by atoms with Gasteiger partial charge >= 0.3 is 11.9 Å². The third-order valence-corrected chi connectivity index (χ3v) is 5.39. The van der Waals surface area contributed by atoms with Crippen molar-refractivity contribution < 1.29 is 23.8 Å². The molecule has 2 atom stereocenters. The normalized spacial score (nSPS) is 12.6. The number of carbonyl (C=O) groups is 2. The molecule has 0 saturated carbocycles. The Morgan fingerprint density at radius 3 is 1.97 bits per heavy atom. The van der Waals surface area contributed by atoms with E-state index in [-0.39, 0.29) is 12.1 Å². The fourth-order valence-corrected chi connectivity index (χ4v) is 3.06. The van der Waals surface area contributed by atoms with Crippen LogP contribution in [0.15, 0.2) is 48.5 Å². The van der Waals surface area contributed by atoms with Crippen molar-refractivity contribution in [3.05, 3.63) is 59.7 Å². The van der Waals surface area contributed by atoms with Crippen molar-refractivity contribution in [3.63, 3.8) is 0 Å². The third-order valence-electron chi connectivity index (χ3n) is 5.39. The van der Waals surface area contributed by atoms with Crippen LogP contribution in [0.4, 0.5) is 0 Å². The van der Waals surface area contributed by atoms with Gasteiger partial charge in [-0.15, -0.1) is 0 Å². The molecule has 0 bridgehead atoms. The highest BCUT2D eigenvalue weighted by Crippen LogP contribution is 2.19. The smallest absolute Gasteiger partial charge is 0.343 e. The van der Waals surface area contributed by atoms with Crippen molar-refractivity contribution in [1.82, 2.24) is 0 Å². The van der Waals surface area contributed by atoms with E-state index in [1.807, 2.05) is 6.92 Å². The number of unbranched alkanes of at least 4 members (excludes halogenated alkanes) is 3. The molecule has 0 aliphatic carbocycles. The molecule has 0 amide bonds. The third kappa shape index (κ3) is 8.74. The number of ether oxygens (including phenoxy) is 3. The summed E-state index contributed by atoms with van der Waals surface area (Å²) < 4.78 is 16.6. The number of hydrogen-bond acceptors (Lipinski definition) is 5. The summed E-state index contributed by atoms with van der Waals surface area (Å²) in [5.41, 5.74) is 0.864. The van der Waals surface area contributed by atoms with E-state index in [1.165, 1.54) is 19.3 Å². The van der Waals surface area contributed by atoms with Gasteiger partial charge in [0.2, 0.25) is 0 Å². The zero-order valence-corrected chi connectivity index (χ0v) is 19.8. The topological polar surface area (TPSA) is 61.8 Å². The SMILES string of the molecule is CCCCCCC(C)Oc1ccc(C(=O)Oc2ccc(C(=O)OC[C@@H](C)CC)cc2)cc1. The number of rotatable bonds is 13. The van der Waals surface area contributed by atoms with Crippen LogP contribution in [0, 0.1) is 5.92 Å². The van der Waals surface area contributed by atoms with Crippen molar-refractivity contribution in [2.24, 2.45) is 5.92 Å². The standard InChI is InChI=1S/C27H36O5/c1-5-7-8-9-10-21(4)31-24-15-13-23(14-16-24)27(29)32-25-17-11-22(12-18-25)26(28)30-19-20(3)6-2/h11-18,20-21H,5-10,19H2,1-4H3/t20-,21?/m0/s1. The first-order chi connectivity index (χ1) is 15.4. The molecule has 0 fully saturated rings. The van der Waals surface area contributed by atoms with E-state index >= 15 is 0 Å². The lowest BCUT2D eigenvalue weighted by molar-refractivity contribution is 0.0447. The van der Waals surface area contributed by atoms with Crippen molar-refractivity contribution in [2.45, 2.75) is 72.3 Å². The Labute approximate surface area is 192 Å². The maximum absolute atomic E-state index is 12.4. The molecule has 0 saturated heterocycles. The van der Waals surface area contributed by atoms with Gasteiger partial charge in [-0.3, -0.25) is 0 Å². The van der Waals surface area contributed by atoms with Crippen molar-refractivity contribution in [3.8, 4) is 11.5 Å². The second-order valence-corrected chi connectivity index (χ2v) is 8.33. The van der Waals surface area contributed by atoms with E-state index in [1.54, 1.807) is 48.5 Å². The minimum atomic E-state index is -0.462. The fraction of sp³-hybridized carbons (Fsp3) is 0.481. The Balaban J connectivity index is 1.84. The lowest BCUT2D eigenvalue weighted by atomic mass is 10.1. The molecular formula is C27H36O5. The molecule has 1 unspecified atom stereocenters. The van der Waals surface area contributed by atoms with E-state index < -0.39 is 5.97 Å². The summed E-state index contributed by atoms with van der Waals surface area (Å²) in [5.74, 6) is 0.596. The molecule has 174 valence electrons. The van der Waals surface area contributed by atoms with Gasteiger partial charge in [0.15, 0.2) is 0 Å². The second kappa shape index (κ2) is 13.6. The molecule has 32 heavy (non-hydrogen) atoms. The first-order valence-corrected chi connectivity index (χ1v) is 11.7. The lowest BCUT2D eigenvalue weighted by Gasteiger charge is -2.14. The van der Waals surface area contributed by atoms with Crippen LogP contribution in [0.25, 0.3) is 0 Å². The van der Waals surface area contributed by atoms with Crippen molar-refractivity contribution in [1.29, 1.82) is 0 Å². The Kier molecular flexibility index (Phi) is 10.8. The maximum atomic E-state index is 12.4. The molecule has 0 aliphatic heterocycles. The van der Waals surface area contributed by atoms with Crippen LogP contribution >= 0.6 is 0 Å². The van der Waals surface area contributed by atoms with E-state index in [0.717, 1.165) is 25.0 Å². The quantitative estimate of drug-likeness (QED) is 0.194. The first kappa shape index (κ1) is 25.4. The summed E-state index contributed by atoms with van der Waals surface area (Å²) in [6, 6.07) is 13.3. The number of carbonyl (C=O) groups excluding carboxylic acids is 2. The first-order valence-electron chi connectivity index (χ1n) is 11.7. The Bertz CT molecular complexity index is 826. The van der Waals surface area contributed by atoms with Gasteiger partial charge in [-0.25, -0.2) is 9.59 Å². The van der Waals surface area contributed by atoms with Crippen molar-refractivity contribution >= 4 is 11.9 Å². The summed E-state index contributed by atoms with van der Waals surface area (Å²) >= 11 is 0. The van der Waals surface area contributed by atoms with Gasteiger partial charge in [0.05, 0.1) is 23.8 Å². The average molecular weight is 441 g/mol. The molecule has 0 N–H and O–H groups in total. The number of esters is 2. The van der Waals surface area contributed by atoms with Crippen LogP contribution < -0.4 is 9.47 Å². The lowest BCUT2D eigenvalue weighted by Crippen LogP contribution is -2.12. The van der Waals surface area contributed by atoms with Gasteiger partial charge in [-0.2, -0.15) is 0 Å². The maximum Gasteiger partial charge on any atom is 0.343 e. The molecule has 5 nitrogen and oxygen atoms in total. The number of hydrogen-bond donors (Lipinski definition) is 0. The summed E-state index contributed by atoms with van der Waals surface area (Å²) in [4.78, 5) is 24.5. The van der Waals surface area contributed by atoms with Gasteiger partial charge in [0.25, 0.3) is 0 Å². The zero-order chi connectivity index (χ0) is 23.3. The largest absolute Gasteiger partial charge is 0.491 e. The van der Waals surface area contributed by atoms with Crippen LogP contribution in [0.5, 0.6) is 11.5 Å². The van der Waals surface area contributed by atoms with Gasteiger partial charge < -0.3 is 14.2 Å². The highest BCUT2D eigenvalue weighted by Gasteiger charge is 2.12. The molecule has 2 aromatic rings. The highest BCUT2D eigenvalue weighted by molar-refractivity contribution is 5.92. The Morgan fingerprint density at radius 2 is 1.38 bits per heavy atom. The average Bonchev–Trinajstić information content (AvgIpc) is 2.81. The van der Waals surface area contributed by atoms with Gasteiger partial charge in [0.1, 0.15) is 11.5 Å². The van der Waals surface area contributed by atoms with Crippen LogP contribution in [0.1, 0.15) is 86.9 Å². The van der Waals surface area contributed by atoms with E-state index in [9.17, 15) is 9.59 Å². The number of benzene rings is 2.